The van der Waals surface area contributed by atoms with Crippen LogP contribution in [0.4, 0.5) is 5.13 Å². The van der Waals surface area contributed by atoms with E-state index < -0.39 is 0 Å². The van der Waals surface area contributed by atoms with Crippen molar-refractivity contribution in [2.75, 3.05) is 18.5 Å². The number of benzene rings is 1. The van der Waals surface area contributed by atoms with E-state index in [0.717, 1.165) is 16.9 Å². The molecule has 1 heterocycles. The van der Waals surface area contributed by atoms with E-state index in [9.17, 15) is 4.79 Å². The Kier molecular flexibility index (Phi) is 5.01. The predicted molar refractivity (Wildman–Crippen MR) is 88.2 cm³/mol. The fourth-order valence-corrected chi connectivity index (χ4v) is 2.97. The first-order valence-corrected chi connectivity index (χ1v) is 8.36. The number of carbonyl (C=O) groups is 1. The Hall–Kier alpha value is -2.23. The molecule has 0 aliphatic heterocycles. The van der Waals surface area contributed by atoms with Crippen molar-refractivity contribution >= 4 is 22.4 Å². The number of carbonyl (C=O) groups excluding carboxylic acids is 1. The van der Waals surface area contributed by atoms with Crippen molar-refractivity contribution < 1.29 is 9.53 Å². The van der Waals surface area contributed by atoms with Crippen LogP contribution in [0.2, 0.25) is 0 Å². The van der Waals surface area contributed by atoms with Crippen LogP contribution in [-0.4, -0.2) is 24.1 Å². The molecule has 1 aromatic carbocycles. The average molecular weight is 327 g/mol. The van der Waals surface area contributed by atoms with Crippen LogP contribution in [0.25, 0.3) is 0 Å². The number of rotatable bonds is 7. The molecule has 0 atom stereocenters. The zero-order valence-electron chi connectivity index (χ0n) is 12.6. The maximum atomic E-state index is 11.8. The summed E-state index contributed by atoms with van der Waals surface area (Å²) in [6.07, 6.45) is 4.93. The second-order valence-electron chi connectivity index (χ2n) is 5.62. The minimum Gasteiger partial charge on any atom is -0.371 e. The van der Waals surface area contributed by atoms with Gasteiger partial charge in [-0.1, -0.05) is 12.1 Å². The van der Waals surface area contributed by atoms with E-state index >= 15 is 0 Å². The Balaban J connectivity index is 1.48. The third-order valence-electron chi connectivity index (χ3n) is 3.54. The Morgan fingerprint density at radius 3 is 2.87 bits per heavy atom. The molecule has 1 saturated carbocycles. The number of thiazole rings is 1. The summed E-state index contributed by atoms with van der Waals surface area (Å²) in [5.74, 6) is 0.492. The third kappa shape index (κ3) is 4.88. The number of nitrogens with one attached hydrogen (secondary N) is 1. The highest BCUT2D eigenvalue weighted by atomic mass is 32.1. The zero-order valence-corrected chi connectivity index (χ0v) is 13.4. The highest BCUT2D eigenvalue weighted by molar-refractivity contribution is 7.15. The Labute approximate surface area is 138 Å². The van der Waals surface area contributed by atoms with Crippen LogP contribution in [0, 0.1) is 17.2 Å². The van der Waals surface area contributed by atoms with Gasteiger partial charge in [0.2, 0.25) is 0 Å². The zero-order chi connectivity index (χ0) is 16.1. The number of hydrogen-bond acceptors (Lipinski definition) is 5. The van der Waals surface area contributed by atoms with Crippen molar-refractivity contribution in [3.05, 3.63) is 46.5 Å². The van der Waals surface area contributed by atoms with E-state index in [1.54, 1.807) is 18.3 Å². The second-order valence-corrected chi connectivity index (χ2v) is 6.74. The molecule has 5 nitrogen and oxygen atoms in total. The van der Waals surface area contributed by atoms with Gasteiger partial charge in [-0.3, -0.25) is 10.1 Å². The van der Waals surface area contributed by atoms with Crippen molar-refractivity contribution in [2.45, 2.75) is 19.3 Å². The molecule has 0 saturated heterocycles. The summed E-state index contributed by atoms with van der Waals surface area (Å²) in [4.78, 5) is 17.0. The Morgan fingerprint density at radius 1 is 1.39 bits per heavy atom. The number of anilines is 1. The molecule has 118 valence electrons. The van der Waals surface area contributed by atoms with Crippen molar-refractivity contribution in [2.24, 2.45) is 5.92 Å². The van der Waals surface area contributed by atoms with Gasteiger partial charge in [-0.15, -0.1) is 11.3 Å². The third-order valence-corrected chi connectivity index (χ3v) is 4.46. The number of aromatic nitrogens is 1. The molecule has 1 amide bonds. The van der Waals surface area contributed by atoms with E-state index in [1.807, 2.05) is 12.1 Å². The molecule has 0 spiro atoms. The van der Waals surface area contributed by atoms with Crippen molar-refractivity contribution in [3.8, 4) is 6.07 Å². The lowest BCUT2D eigenvalue weighted by molar-refractivity contribution is -0.120. The lowest BCUT2D eigenvalue weighted by Crippen LogP contribution is -2.18. The van der Waals surface area contributed by atoms with Crippen LogP contribution in [0.15, 0.2) is 30.5 Å². The second kappa shape index (κ2) is 7.36. The van der Waals surface area contributed by atoms with Gasteiger partial charge in [0.1, 0.15) is 6.61 Å². The predicted octanol–water partition coefficient (Wildman–Crippen LogP) is 2.97. The summed E-state index contributed by atoms with van der Waals surface area (Å²) in [5.41, 5.74) is 1.76. The first kappa shape index (κ1) is 15.7. The molecule has 2 aromatic rings. The lowest BCUT2D eigenvalue weighted by atomic mass is 10.1. The summed E-state index contributed by atoms with van der Waals surface area (Å²) >= 11 is 1.45. The van der Waals surface area contributed by atoms with Gasteiger partial charge in [0.05, 0.1) is 18.2 Å². The van der Waals surface area contributed by atoms with Crippen LogP contribution in [0.3, 0.4) is 0 Å². The van der Waals surface area contributed by atoms with E-state index in [1.165, 1.54) is 24.2 Å². The number of amides is 1. The summed E-state index contributed by atoms with van der Waals surface area (Å²) in [6, 6.07) is 9.57. The summed E-state index contributed by atoms with van der Waals surface area (Å²) in [6.45, 7) is 0.760. The topological polar surface area (TPSA) is 75.0 Å². The van der Waals surface area contributed by atoms with Crippen molar-refractivity contribution in [1.29, 1.82) is 5.26 Å². The number of ether oxygens (including phenoxy) is 1. The normalized spacial score (nSPS) is 13.5. The maximum absolute atomic E-state index is 11.8. The highest BCUT2D eigenvalue weighted by Gasteiger charge is 2.21. The summed E-state index contributed by atoms with van der Waals surface area (Å²) < 4.78 is 5.35. The molecule has 6 heteroatoms. The van der Waals surface area contributed by atoms with Gasteiger partial charge in [-0.05, 0) is 36.5 Å². The average Bonchev–Trinajstić information content (AvgIpc) is 3.28. The van der Waals surface area contributed by atoms with E-state index in [2.05, 4.69) is 16.4 Å². The molecule has 0 radical (unpaired) electrons. The minimum atomic E-state index is -0.162. The monoisotopic (exact) mass is 327 g/mol. The van der Waals surface area contributed by atoms with Gasteiger partial charge in [-0.25, -0.2) is 4.98 Å². The van der Waals surface area contributed by atoms with E-state index in [-0.39, 0.29) is 12.5 Å². The Bertz CT molecular complexity index is 714. The fourth-order valence-electron chi connectivity index (χ4n) is 2.10. The van der Waals surface area contributed by atoms with Crippen molar-refractivity contribution in [1.82, 2.24) is 4.98 Å². The van der Waals surface area contributed by atoms with Crippen LogP contribution >= 0.6 is 11.3 Å². The number of nitriles is 1. The molecular weight excluding hydrogens is 310 g/mol. The van der Waals surface area contributed by atoms with Crippen LogP contribution in [0.1, 0.15) is 28.8 Å². The van der Waals surface area contributed by atoms with Crippen LogP contribution in [0.5, 0.6) is 0 Å². The molecule has 3 rings (SSSR count). The molecule has 0 unspecified atom stereocenters. The standard InChI is InChI=1S/C17H17N3O2S/c18-8-13-3-1-12(2-4-13)7-15-9-19-17(23-15)20-16(21)11-22-10-14-5-6-14/h1-4,9,14H,5-7,10-11H2,(H,19,20,21). The first-order valence-electron chi connectivity index (χ1n) is 7.54. The fraction of sp³-hybridized carbons (Fsp3) is 0.353. The minimum absolute atomic E-state index is 0.0844. The van der Waals surface area contributed by atoms with Gasteiger partial charge >= 0.3 is 0 Å². The van der Waals surface area contributed by atoms with Crippen LogP contribution < -0.4 is 5.32 Å². The van der Waals surface area contributed by atoms with Gasteiger partial charge in [0.25, 0.3) is 5.91 Å². The summed E-state index contributed by atoms with van der Waals surface area (Å²) in [7, 11) is 0. The SMILES string of the molecule is N#Cc1ccc(Cc2cnc(NC(=O)COCC3CC3)s2)cc1. The number of nitrogens with zero attached hydrogens (tertiary/aromatic N) is 2. The molecule has 1 aromatic heterocycles. The smallest absolute Gasteiger partial charge is 0.252 e. The van der Waals surface area contributed by atoms with E-state index in [4.69, 9.17) is 10.00 Å². The van der Waals surface area contributed by atoms with Crippen molar-refractivity contribution in [3.63, 3.8) is 0 Å². The quantitative estimate of drug-likeness (QED) is 0.848. The van der Waals surface area contributed by atoms with Gasteiger partial charge in [0.15, 0.2) is 5.13 Å². The molecule has 1 fully saturated rings. The van der Waals surface area contributed by atoms with Crippen LogP contribution in [-0.2, 0) is 16.0 Å². The maximum Gasteiger partial charge on any atom is 0.252 e. The van der Waals surface area contributed by atoms with Gasteiger partial charge < -0.3 is 4.74 Å². The molecule has 1 aliphatic carbocycles. The lowest BCUT2D eigenvalue weighted by Gasteiger charge is -2.02. The highest BCUT2D eigenvalue weighted by Crippen LogP contribution is 2.28. The van der Waals surface area contributed by atoms with Gasteiger partial charge in [0, 0.05) is 17.5 Å². The Morgan fingerprint density at radius 2 is 2.17 bits per heavy atom. The molecule has 1 aliphatic rings. The molecule has 1 N–H and O–H groups in total. The number of hydrogen-bond donors (Lipinski definition) is 1. The van der Waals surface area contributed by atoms with Gasteiger partial charge in [-0.2, -0.15) is 5.26 Å². The first-order chi connectivity index (χ1) is 11.2. The molecular formula is C17H17N3O2S. The summed E-state index contributed by atoms with van der Waals surface area (Å²) in [5, 5.41) is 12.1. The molecule has 0 bridgehead atoms. The van der Waals surface area contributed by atoms with E-state index in [0.29, 0.717) is 23.2 Å². The molecule has 23 heavy (non-hydrogen) atoms. The largest absolute Gasteiger partial charge is 0.371 e.